The molecule has 3 atom stereocenters. The Bertz CT molecular complexity index is 246. The summed E-state index contributed by atoms with van der Waals surface area (Å²) in [5.41, 5.74) is 0.595. The Balaban J connectivity index is 1.79. The average Bonchev–Trinajstić information content (AvgIpc) is 2.64. The Morgan fingerprint density at radius 2 is 2.12 bits per heavy atom. The van der Waals surface area contributed by atoms with E-state index in [4.69, 9.17) is 4.74 Å². The maximum absolute atomic E-state index is 5.47. The number of hydrogen-bond acceptors (Lipinski definition) is 3. The van der Waals surface area contributed by atoms with Crippen molar-refractivity contribution in [1.82, 2.24) is 10.6 Å². The Labute approximate surface area is 99.3 Å². The maximum Gasteiger partial charge on any atom is 0.0652 e. The zero-order valence-corrected chi connectivity index (χ0v) is 11.1. The maximum atomic E-state index is 5.47. The highest BCUT2D eigenvalue weighted by Gasteiger charge is 2.48. The van der Waals surface area contributed by atoms with E-state index in [0.29, 0.717) is 17.7 Å². The van der Waals surface area contributed by atoms with E-state index in [1.807, 2.05) is 7.11 Å². The van der Waals surface area contributed by atoms with Crippen LogP contribution >= 0.6 is 0 Å². The zero-order valence-electron chi connectivity index (χ0n) is 11.1. The lowest BCUT2D eigenvalue weighted by Crippen LogP contribution is -2.63. The van der Waals surface area contributed by atoms with E-state index in [0.717, 1.165) is 13.0 Å². The molecule has 1 aliphatic carbocycles. The lowest BCUT2D eigenvalue weighted by atomic mass is 9.64. The van der Waals surface area contributed by atoms with E-state index in [9.17, 15) is 0 Å². The molecule has 2 N–H and O–H groups in total. The van der Waals surface area contributed by atoms with E-state index in [1.54, 1.807) is 0 Å². The van der Waals surface area contributed by atoms with Gasteiger partial charge in [-0.15, -0.1) is 0 Å². The van der Waals surface area contributed by atoms with Gasteiger partial charge >= 0.3 is 0 Å². The molecule has 0 amide bonds. The van der Waals surface area contributed by atoms with Crippen LogP contribution in [0.15, 0.2) is 0 Å². The minimum absolute atomic E-state index is 0.281. The first-order valence-electron chi connectivity index (χ1n) is 6.49. The van der Waals surface area contributed by atoms with E-state index >= 15 is 0 Å². The number of nitrogens with one attached hydrogen (secondary N) is 2. The van der Waals surface area contributed by atoms with Crippen LogP contribution in [0.2, 0.25) is 0 Å². The molecule has 0 bridgehead atoms. The molecule has 3 heteroatoms. The smallest absolute Gasteiger partial charge is 0.0652 e. The molecular weight excluding hydrogens is 200 g/mol. The number of rotatable bonds is 4. The molecule has 1 saturated heterocycles. The topological polar surface area (TPSA) is 33.3 Å². The number of methoxy groups -OCH3 is 1. The summed E-state index contributed by atoms with van der Waals surface area (Å²) < 4.78 is 5.47. The lowest BCUT2D eigenvalue weighted by molar-refractivity contribution is -0.0983. The van der Waals surface area contributed by atoms with Crippen LogP contribution in [0.1, 0.15) is 40.0 Å². The molecule has 0 radical (unpaired) electrons. The second kappa shape index (κ2) is 4.28. The van der Waals surface area contributed by atoms with Crippen molar-refractivity contribution in [3.63, 3.8) is 0 Å². The fourth-order valence-corrected chi connectivity index (χ4v) is 3.09. The normalized spacial score (nSPS) is 42.0. The Kier molecular flexibility index (Phi) is 3.30. The molecule has 2 fully saturated rings. The molecule has 1 heterocycles. The van der Waals surface area contributed by atoms with Gasteiger partial charge in [0.25, 0.3) is 0 Å². The third-order valence-corrected chi connectivity index (χ3v) is 4.66. The van der Waals surface area contributed by atoms with Gasteiger partial charge in [-0.3, -0.25) is 0 Å². The van der Waals surface area contributed by atoms with Gasteiger partial charge < -0.3 is 15.4 Å². The van der Waals surface area contributed by atoms with Crippen molar-refractivity contribution < 1.29 is 4.74 Å². The minimum atomic E-state index is 0.281. The van der Waals surface area contributed by atoms with E-state index < -0.39 is 0 Å². The van der Waals surface area contributed by atoms with Crippen LogP contribution in [0.5, 0.6) is 0 Å². The summed E-state index contributed by atoms with van der Waals surface area (Å²) in [4.78, 5) is 0. The van der Waals surface area contributed by atoms with Gasteiger partial charge in [-0.05, 0) is 32.7 Å². The van der Waals surface area contributed by atoms with Gasteiger partial charge in [0.05, 0.1) is 6.10 Å². The monoisotopic (exact) mass is 226 g/mol. The summed E-state index contributed by atoms with van der Waals surface area (Å²) in [7, 11) is 1.82. The van der Waals surface area contributed by atoms with Gasteiger partial charge in [0, 0.05) is 30.7 Å². The molecule has 3 nitrogen and oxygen atoms in total. The van der Waals surface area contributed by atoms with Crippen molar-refractivity contribution in [3.05, 3.63) is 0 Å². The summed E-state index contributed by atoms with van der Waals surface area (Å²) in [5.74, 6) is 0. The first kappa shape index (κ1) is 12.3. The second-order valence-electron chi connectivity index (χ2n) is 6.31. The van der Waals surface area contributed by atoms with Gasteiger partial charge in [0.1, 0.15) is 0 Å². The van der Waals surface area contributed by atoms with Gasteiger partial charge in [-0.2, -0.15) is 0 Å². The Morgan fingerprint density at radius 1 is 1.38 bits per heavy atom. The zero-order chi connectivity index (χ0) is 11.8. The Hall–Kier alpha value is -0.120. The molecule has 94 valence electrons. The van der Waals surface area contributed by atoms with Crippen molar-refractivity contribution in [3.8, 4) is 0 Å². The van der Waals surface area contributed by atoms with Crippen LogP contribution in [0, 0.1) is 5.41 Å². The molecule has 0 spiro atoms. The third-order valence-electron chi connectivity index (χ3n) is 4.66. The average molecular weight is 226 g/mol. The van der Waals surface area contributed by atoms with E-state index in [2.05, 4.69) is 31.4 Å². The molecule has 2 aliphatic rings. The van der Waals surface area contributed by atoms with Crippen molar-refractivity contribution in [2.45, 2.75) is 57.7 Å². The van der Waals surface area contributed by atoms with Crippen molar-refractivity contribution in [2.24, 2.45) is 5.41 Å². The van der Waals surface area contributed by atoms with Crippen molar-refractivity contribution in [1.29, 1.82) is 0 Å². The first-order chi connectivity index (χ1) is 7.48. The van der Waals surface area contributed by atoms with Gasteiger partial charge in [-0.1, -0.05) is 13.8 Å². The highest BCUT2D eigenvalue weighted by Crippen LogP contribution is 2.42. The molecule has 0 aromatic heterocycles. The largest absolute Gasteiger partial charge is 0.381 e. The molecular formula is C13H26N2O. The van der Waals surface area contributed by atoms with Crippen molar-refractivity contribution in [2.75, 3.05) is 20.2 Å². The molecule has 0 aromatic rings. The van der Waals surface area contributed by atoms with Crippen LogP contribution in [-0.2, 0) is 4.74 Å². The number of hydrogen-bond donors (Lipinski definition) is 2. The predicted octanol–water partition coefficient (Wildman–Crippen LogP) is 1.53. The SMILES string of the molecule is COC1CC(NCC2(C)CCCN2)C1(C)C. The highest BCUT2D eigenvalue weighted by molar-refractivity contribution is 5.04. The van der Waals surface area contributed by atoms with Crippen LogP contribution in [0.25, 0.3) is 0 Å². The van der Waals surface area contributed by atoms with E-state index in [-0.39, 0.29) is 5.41 Å². The summed E-state index contributed by atoms with van der Waals surface area (Å²) in [6.07, 6.45) is 4.18. The number of ether oxygens (including phenoxy) is 1. The summed E-state index contributed by atoms with van der Waals surface area (Å²) >= 11 is 0. The van der Waals surface area contributed by atoms with Crippen LogP contribution in [-0.4, -0.2) is 37.9 Å². The standard InChI is InChI=1S/C13H26N2O/c1-12(2)10(8-11(12)16-4)14-9-13(3)6-5-7-15-13/h10-11,14-15H,5-9H2,1-4H3. The summed E-state index contributed by atoms with van der Waals surface area (Å²) in [6.45, 7) is 9.18. The molecule has 2 rings (SSSR count). The fraction of sp³-hybridized carbons (Fsp3) is 1.00. The van der Waals surface area contributed by atoms with E-state index in [1.165, 1.54) is 19.4 Å². The molecule has 1 saturated carbocycles. The predicted molar refractivity (Wildman–Crippen MR) is 66.6 cm³/mol. The summed E-state index contributed by atoms with van der Waals surface area (Å²) in [6, 6.07) is 0.608. The van der Waals surface area contributed by atoms with Gasteiger partial charge in [0.2, 0.25) is 0 Å². The second-order valence-corrected chi connectivity index (χ2v) is 6.31. The molecule has 0 aromatic carbocycles. The molecule has 1 aliphatic heterocycles. The molecule has 16 heavy (non-hydrogen) atoms. The van der Waals surface area contributed by atoms with Gasteiger partial charge in [-0.25, -0.2) is 0 Å². The van der Waals surface area contributed by atoms with Crippen LogP contribution < -0.4 is 10.6 Å². The first-order valence-corrected chi connectivity index (χ1v) is 6.49. The fourth-order valence-electron chi connectivity index (χ4n) is 3.09. The van der Waals surface area contributed by atoms with Crippen LogP contribution in [0.3, 0.4) is 0 Å². The molecule has 3 unspecified atom stereocenters. The quantitative estimate of drug-likeness (QED) is 0.763. The van der Waals surface area contributed by atoms with Gasteiger partial charge in [0.15, 0.2) is 0 Å². The minimum Gasteiger partial charge on any atom is -0.381 e. The lowest BCUT2D eigenvalue weighted by Gasteiger charge is -2.52. The Morgan fingerprint density at radius 3 is 2.62 bits per heavy atom. The van der Waals surface area contributed by atoms with Crippen LogP contribution in [0.4, 0.5) is 0 Å². The summed E-state index contributed by atoms with van der Waals surface area (Å²) in [5, 5.41) is 7.31. The third kappa shape index (κ3) is 2.13. The highest BCUT2D eigenvalue weighted by atomic mass is 16.5. The van der Waals surface area contributed by atoms with Crippen molar-refractivity contribution >= 4 is 0 Å².